The summed E-state index contributed by atoms with van der Waals surface area (Å²) >= 11 is 0. The van der Waals surface area contributed by atoms with Gasteiger partial charge in [0.05, 0.1) is 17.9 Å². The number of hydrogen-bond acceptors (Lipinski definition) is 3. The zero-order valence-corrected chi connectivity index (χ0v) is 7.13. The molecule has 0 aliphatic rings. The minimum absolute atomic E-state index is 0.110. The third kappa shape index (κ3) is 4.38. The molecule has 0 fully saturated rings. The molecule has 1 unspecified atom stereocenters. The lowest BCUT2D eigenvalue weighted by Crippen LogP contribution is -2.15. The molecule has 0 aromatic carbocycles. The number of esters is 1. The van der Waals surface area contributed by atoms with Crippen LogP contribution in [0.15, 0.2) is 0 Å². The first-order valence-corrected chi connectivity index (χ1v) is 3.64. The molecule has 0 heterocycles. The fraction of sp³-hybridized carbons (Fsp3) is 0.750. The highest BCUT2D eigenvalue weighted by molar-refractivity contribution is 5.71. The number of ether oxygens (including phenoxy) is 1. The van der Waals surface area contributed by atoms with Crippen LogP contribution in [0.4, 0.5) is 0 Å². The summed E-state index contributed by atoms with van der Waals surface area (Å²) in [6, 6.07) is 1.98. The summed E-state index contributed by atoms with van der Waals surface area (Å²) < 4.78 is 4.79. The maximum atomic E-state index is 10.8. The van der Waals surface area contributed by atoms with Crippen LogP contribution in [0.3, 0.4) is 0 Å². The second-order valence-corrected chi connectivity index (χ2v) is 2.81. The van der Waals surface area contributed by atoms with Crippen LogP contribution in [-0.2, 0) is 9.53 Å². The molecule has 0 radical (unpaired) electrons. The molecule has 0 spiro atoms. The van der Waals surface area contributed by atoms with Crippen LogP contribution in [0.1, 0.15) is 20.8 Å². The van der Waals surface area contributed by atoms with Crippen LogP contribution in [0.2, 0.25) is 0 Å². The highest BCUT2D eigenvalue weighted by atomic mass is 16.5. The first-order valence-electron chi connectivity index (χ1n) is 3.64. The quantitative estimate of drug-likeness (QED) is 0.578. The van der Waals surface area contributed by atoms with Crippen molar-refractivity contribution in [2.45, 2.75) is 20.8 Å². The van der Waals surface area contributed by atoms with Crippen molar-refractivity contribution in [3.63, 3.8) is 0 Å². The molecule has 3 heteroatoms. The highest BCUT2D eigenvalue weighted by Gasteiger charge is 2.09. The van der Waals surface area contributed by atoms with Crippen molar-refractivity contribution in [1.82, 2.24) is 0 Å². The zero-order valence-electron chi connectivity index (χ0n) is 7.13. The molecular formula is C8H13NO2. The lowest BCUT2D eigenvalue weighted by molar-refractivity contribution is -0.148. The van der Waals surface area contributed by atoms with Crippen LogP contribution in [-0.4, -0.2) is 12.6 Å². The van der Waals surface area contributed by atoms with Gasteiger partial charge in [-0.2, -0.15) is 5.26 Å². The van der Waals surface area contributed by atoms with Crippen molar-refractivity contribution in [3.8, 4) is 6.07 Å². The largest absolute Gasteiger partial charge is 0.464 e. The minimum atomic E-state index is -0.243. The van der Waals surface area contributed by atoms with Gasteiger partial charge in [0, 0.05) is 0 Å². The molecule has 0 saturated heterocycles. The lowest BCUT2D eigenvalue weighted by atomic mass is 10.2. The van der Waals surface area contributed by atoms with Crippen LogP contribution in [0.5, 0.6) is 0 Å². The van der Waals surface area contributed by atoms with E-state index in [4.69, 9.17) is 10.00 Å². The maximum Gasteiger partial charge on any atom is 0.308 e. The molecule has 0 N–H and O–H groups in total. The number of rotatable bonds is 3. The molecule has 0 saturated carbocycles. The van der Waals surface area contributed by atoms with Crippen molar-refractivity contribution in [2.24, 2.45) is 11.8 Å². The standard InChI is InChI=1S/C8H13NO2/c1-6(2)8(10)11-5-7(3)4-9/h6-7H,5H2,1-3H3. The molecule has 0 bridgehead atoms. The van der Waals surface area contributed by atoms with Crippen LogP contribution < -0.4 is 0 Å². The molecule has 62 valence electrons. The van der Waals surface area contributed by atoms with E-state index in [1.54, 1.807) is 20.8 Å². The summed E-state index contributed by atoms with van der Waals surface area (Å²) in [6.45, 7) is 5.44. The lowest BCUT2D eigenvalue weighted by Gasteiger charge is -2.06. The summed E-state index contributed by atoms with van der Waals surface area (Å²) in [5, 5.41) is 8.34. The third-order valence-corrected chi connectivity index (χ3v) is 1.17. The molecule has 0 aliphatic heterocycles. The van der Waals surface area contributed by atoms with E-state index >= 15 is 0 Å². The molecule has 3 nitrogen and oxygen atoms in total. The van der Waals surface area contributed by atoms with E-state index in [1.807, 2.05) is 6.07 Å². The molecule has 1 atom stereocenters. The van der Waals surface area contributed by atoms with E-state index in [1.165, 1.54) is 0 Å². The minimum Gasteiger partial charge on any atom is -0.464 e. The first kappa shape index (κ1) is 9.96. The summed E-state index contributed by atoms with van der Waals surface area (Å²) in [5.41, 5.74) is 0. The van der Waals surface area contributed by atoms with Gasteiger partial charge in [-0.25, -0.2) is 0 Å². The van der Waals surface area contributed by atoms with Gasteiger partial charge in [-0.15, -0.1) is 0 Å². The zero-order chi connectivity index (χ0) is 8.85. The average molecular weight is 155 g/mol. The number of carbonyl (C=O) groups excluding carboxylic acids is 1. The van der Waals surface area contributed by atoms with Gasteiger partial charge in [0.25, 0.3) is 0 Å². The predicted molar refractivity (Wildman–Crippen MR) is 40.6 cm³/mol. The summed E-state index contributed by atoms with van der Waals surface area (Å²) in [4.78, 5) is 10.8. The topological polar surface area (TPSA) is 50.1 Å². The van der Waals surface area contributed by atoms with Crippen molar-refractivity contribution in [1.29, 1.82) is 5.26 Å². The second kappa shape index (κ2) is 4.73. The Morgan fingerprint density at radius 3 is 2.45 bits per heavy atom. The van der Waals surface area contributed by atoms with E-state index in [9.17, 15) is 4.79 Å². The van der Waals surface area contributed by atoms with Crippen LogP contribution in [0.25, 0.3) is 0 Å². The first-order chi connectivity index (χ1) is 5.07. The Bertz CT molecular complexity index is 169. The summed E-state index contributed by atoms with van der Waals surface area (Å²) in [6.07, 6.45) is 0. The van der Waals surface area contributed by atoms with Gasteiger partial charge in [0.1, 0.15) is 6.61 Å². The normalized spacial score (nSPS) is 12.3. The molecule has 11 heavy (non-hydrogen) atoms. The maximum absolute atomic E-state index is 10.8. The Hall–Kier alpha value is -1.04. The Morgan fingerprint density at radius 1 is 1.55 bits per heavy atom. The van der Waals surface area contributed by atoms with Gasteiger partial charge in [0.2, 0.25) is 0 Å². The highest BCUT2D eigenvalue weighted by Crippen LogP contribution is 1.99. The van der Waals surface area contributed by atoms with Gasteiger partial charge in [-0.1, -0.05) is 13.8 Å². The van der Waals surface area contributed by atoms with E-state index in [0.29, 0.717) is 0 Å². The second-order valence-electron chi connectivity index (χ2n) is 2.81. The van der Waals surface area contributed by atoms with Gasteiger partial charge < -0.3 is 4.74 Å². The van der Waals surface area contributed by atoms with Crippen LogP contribution in [0, 0.1) is 23.2 Å². The Labute approximate surface area is 67.0 Å². The number of nitriles is 1. The number of hydrogen-bond donors (Lipinski definition) is 0. The van der Waals surface area contributed by atoms with Gasteiger partial charge in [-0.05, 0) is 6.92 Å². The molecule has 0 aromatic heterocycles. The Morgan fingerprint density at radius 2 is 2.09 bits per heavy atom. The van der Waals surface area contributed by atoms with E-state index < -0.39 is 0 Å². The van der Waals surface area contributed by atoms with E-state index in [-0.39, 0.29) is 24.4 Å². The monoisotopic (exact) mass is 155 g/mol. The molecule has 0 rings (SSSR count). The van der Waals surface area contributed by atoms with Crippen molar-refractivity contribution in [2.75, 3.05) is 6.61 Å². The van der Waals surface area contributed by atoms with Crippen molar-refractivity contribution < 1.29 is 9.53 Å². The smallest absolute Gasteiger partial charge is 0.308 e. The van der Waals surface area contributed by atoms with Gasteiger partial charge >= 0.3 is 5.97 Å². The van der Waals surface area contributed by atoms with Gasteiger partial charge in [0.15, 0.2) is 0 Å². The summed E-state index contributed by atoms with van der Waals surface area (Å²) in [7, 11) is 0. The average Bonchev–Trinajstić information content (AvgIpc) is 1.99. The third-order valence-electron chi connectivity index (χ3n) is 1.17. The molecule has 0 amide bonds. The summed E-state index contributed by atoms with van der Waals surface area (Å²) in [5.74, 6) is -0.564. The van der Waals surface area contributed by atoms with E-state index in [2.05, 4.69) is 0 Å². The number of carbonyl (C=O) groups is 1. The van der Waals surface area contributed by atoms with Gasteiger partial charge in [-0.3, -0.25) is 4.79 Å². The molecular weight excluding hydrogens is 142 g/mol. The molecule has 0 aromatic rings. The predicted octanol–water partition coefficient (Wildman–Crippen LogP) is 1.35. The van der Waals surface area contributed by atoms with E-state index in [0.717, 1.165) is 0 Å². The number of nitrogens with zero attached hydrogens (tertiary/aromatic N) is 1. The van der Waals surface area contributed by atoms with Crippen molar-refractivity contribution >= 4 is 5.97 Å². The Kier molecular flexibility index (Phi) is 4.28. The molecule has 0 aliphatic carbocycles. The fourth-order valence-corrected chi connectivity index (χ4v) is 0.411. The Balaban J connectivity index is 3.56. The van der Waals surface area contributed by atoms with Crippen molar-refractivity contribution in [3.05, 3.63) is 0 Å². The SMILES string of the molecule is CC(C#N)COC(=O)C(C)C. The fourth-order valence-electron chi connectivity index (χ4n) is 0.411. The van der Waals surface area contributed by atoms with Crippen LogP contribution >= 0.6 is 0 Å².